The fraction of sp³-hybridized carbons (Fsp3) is 0.533. The Hall–Kier alpha value is -2.11. The maximum atomic E-state index is 11.9. The van der Waals surface area contributed by atoms with Gasteiger partial charge in [-0.25, -0.2) is 0 Å². The lowest BCUT2D eigenvalue weighted by molar-refractivity contribution is -0.384. The molecule has 0 radical (unpaired) electrons. The van der Waals surface area contributed by atoms with Gasteiger partial charge in [0.25, 0.3) is 5.69 Å². The average molecular weight is 291 g/mol. The molecule has 1 fully saturated rings. The maximum absolute atomic E-state index is 11.9. The van der Waals surface area contributed by atoms with Crippen molar-refractivity contribution < 1.29 is 9.72 Å². The molecule has 1 atom stereocenters. The van der Waals surface area contributed by atoms with Crippen molar-refractivity contribution >= 4 is 17.3 Å². The average Bonchev–Trinajstić information content (AvgIpc) is 2.75. The van der Waals surface area contributed by atoms with E-state index in [2.05, 4.69) is 12.2 Å². The van der Waals surface area contributed by atoms with Crippen molar-refractivity contribution in [1.29, 1.82) is 0 Å². The predicted octanol–water partition coefficient (Wildman–Crippen LogP) is 2.79. The molecule has 1 unspecified atom stereocenters. The molecule has 1 aromatic rings. The van der Waals surface area contributed by atoms with Gasteiger partial charge in [0.05, 0.1) is 4.92 Å². The zero-order chi connectivity index (χ0) is 15.4. The molecule has 0 bridgehead atoms. The second kappa shape index (κ2) is 6.56. The van der Waals surface area contributed by atoms with Gasteiger partial charge in [-0.2, -0.15) is 0 Å². The van der Waals surface area contributed by atoms with E-state index < -0.39 is 4.92 Å². The topological polar surface area (TPSA) is 75.5 Å². The number of non-ortho nitro benzene ring substituents is 1. The number of benzene rings is 1. The van der Waals surface area contributed by atoms with Crippen LogP contribution >= 0.6 is 0 Å². The normalized spacial score (nSPS) is 18.1. The minimum Gasteiger partial charge on any atom is -0.385 e. The lowest BCUT2D eigenvalue weighted by Crippen LogP contribution is -2.25. The third kappa shape index (κ3) is 3.71. The van der Waals surface area contributed by atoms with Crippen LogP contribution in [0.1, 0.15) is 32.3 Å². The van der Waals surface area contributed by atoms with Crippen molar-refractivity contribution in [3.8, 4) is 0 Å². The fourth-order valence-corrected chi connectivity index (χ4v) is 2.58. The number of anilines is 1. The van der Waals surface area contributed by atoms with Gasteiger partial charge in [-0.1, -0.05) is 13.8 Å². The summed E-state index contributed by atoms with van der Waals surface area (Å²) in [4.78, 5) is 24.2. The summed E-state index contributed by atoms with van der Waals surface area (Å²) in [5.41, 5.74) is 1.74. The Morgan fingerprint density at radius 3 is 2.81 bits per heavy atom. The van der Waals surface area contributed by atoms with Crippen LogP contribution in [0.5, 0.6) is 0 Å². The van der Waals surface area contributed by atoms with Gasteiger partial charge in [0.1, 0.15) is 0 Å². The molecule has 2 rings (SSSR count). The lowest BCUT2D eigenvalue weighted by Gasteiger charge is -2.19. The van der Waals surface area contributed by atoms with Crippen LogP contribution in [0, 0.1) is 16.0 Å². The Bertz CT molecular complexity index is 545. The number of carbonyl (C=O) groups excluding carboxylic acids is 1. The van der Waals surface area contributed by atoms with Gasteiger partial charge < -0.3 is 10.2 Å². The monoisotopic (exact) mass is 291 g/mol. The van der Waals surface area contributed by atoms with Gasteiger partial charge in [0, 0.05) is 49.4 Å². The van der Waals surface area contributed by atoms with Gasteiger partial charge in [-0.3, -0.25) is 14.9 Å². The van der Waals surface area contributed by atoms with Crippen LogP contribution < -0.4 is 5.32 Å². The number of nitrogens with zero attached hydrogens (tertiary/aromatic N) is 2. The van der Waals surface area contributed by atoms with E-state index in [0.29, 0.717) is 18.9 Å². The second-order valence-electron chi connectivity index (χ2n) is 5.61. The SMILES string of the molecule is CCCNc1ccc([N+](=O)[O-])cc1CN1CC(C)CC1=O. The zero-order valence-corrected chi connectivity index (χ0v) is 12.5. The van der Waals surface area contributed by atoms with Crippen LogP contribution in [0.3, 0.4) is 0 Å². The molecule has 0 spiro atoms. The van der Waals surface area contributed by atoms with E-state index in [1.165, 1.54) is 6.07 Å². The van der Waals surface area contributed by atoms with E-state index in [0.717, 1.165) is 30.8 Å². The zero-order valence-electron chi connectivity index (χ0n) is 12.5. The smallest absolute Gasteiger partial charge is 0.269 e. The number of amides is 1. The Kier molecular flexibility index (Phi) is 4.77. The number of nitro benzene ring substituents is 1. The molecular formula is C15H21N3O3. The quantitative estimate of drug-likeness (QED) is 0.646. The minimum atomic E-state index is -0.401. The molecule has 1 aromatic carbocycles. The molecule has 1 amide bonds. The molecule has 114 valence electrons. The first-order valence-electron chi connectivity index (χ1n) is 7.30. The number of likely N-dealkylation sites (tertiary alicyclic amines) is 1. The molecule has 0 saturated carbocycles. The van der Waals surface area contributed by atoms with Crippen LogP contribution in [0.15, 0.2) is 18.2 Å². The van der Waals surface area contributed by atoms with Gasteiger partial charge in [-0.15, -0.1) is 0 Å². The molecule has 1 aliphatic rings. The molecule has 1 N–H and O–H groups in total. The molecule has 0 aliphatic carbocycles. The molecule has 6 nitrogen and oxygen atoms in total. The van der Waals surface area contributed by atoms with Crippen LogP contribution in [-0.2, 0) is 11.3 Å². The van der Waals surface area contributed by atoms with E-state index in [4.69, 9.17) is 0 Å². The highest BCUT2D eigenvalue weighted by Gasteiger charge is 2.27. The lowest BCUT2D eigenvalue weighted by atomic mass is 10.1. The number of carbonyl (C=O) groups is 1. The minimum absolute atomic E-state index is 0.0618. The largest absolute Gasteiger partial charge is 0.385 e. The highest BCUT2D eigenvalue weighted by atomic mass is 16.6. The summed E-state index contributed by atoms with van der Waals surface area (Å²) in [5, 5.41) is 14.2. The van der Waals surface area contributed by atoms with E-state index in [1.807, 2.05) is 6.92 Å². The molecule has 6 heteroatoms. The van der Waals surface area contributed by atoms with Crippen molar-refractivity contribution in [2.45, 2.75) is 33.2 Å². The number of rotatable bonds is 6. The maximum Gasteiger partial charge on any atom is 0.269 e. The summed E-state index contributed by atoms with van der Waals surface area (Å²) < 4.78 is 0. The number of nitrogens with one attached hydrogen (secondary N) is 1. The third-order valence-electron chi connectivity index (χ3n) is 3.63. The first-order valence-corrected chi connectivity index (χ1v) is 7.30. The second-order valence-corrected chi connectivity index (χ2v) is 5.61. The Balaban J connectivity index is 2.23. The van der Waals surface area contributed by atoms with E-state index in [-0.39, 0.29) is 11.6 Å². The number of hydrogen-bond donors (Lipinski definition) is 1. The van der Waals surface area contributed by atoms with Crippen molar-refractivity contribution in [2.75, 3.05) is 18.4 Å². The highest BCUT2D eigenvalue weighted by molar-refractivity contribution is 5.78. The molecule has 0 aromatic heterocycles. The van der Waals surface area contributed by atoms with E-state index in [1.54, 1.807) is 17.0 Å². The van der Waals surface area contributed by atoms with E-state index >= 15 is 0 Å². The highest BCUT2D eigenvalue weighted by Crippen LogP contribution is 2.26. The van der Waals surface area contributed by atoms with Crippen LogP contribution in [0.2, 0.25) is 0 Å². The summed E-state index contributed by atoms with van der Waals surface area (Å²) in [7, 11) is 0. The number of hydrogen-bond acceptors (Lipinski definition) is 4. The van der Waals surface area contributed by atoms with Crippen LogP contribution in [-0.4, -0.2) is 28.8 Å². The van der Waals surface area contributed by atoms with Crippen molar-refractivity contribution in [3.63, 3.8) is 0 Å². The Morgan fingerprint density at radius 2 is 2.24 bits per heavy atom. The van der Waals surface area contributed by atoms with Crippen LogP contribution in [0.25, 0.3) is 0 Å². The van der Waals surface area contributed by atoms with Gasteiger partial charge in [-0.05, 0) is 18.4 Å². The summed E-state index contributed by atoms with van der Waals surface area (Å²) >= 11 is 0. The molecule has 1 heterocycles. The van der Waals surface area contributed by atoms with Crippen LogP contribution in [0.4, 0.5) is 11.4 Å². The summed E-state index contributed by atoms with van der Waals surface area (Å²) in [5.74, 6) is 0.471. The molecule has 21 heavy (non-hydrogen) atoms. The summed E-state index contributed by atoms with van der Waals surface area (Å²) in [6.07, 6.45) is 1.53. The first-order chi connectivity index (χ1) is 10.0. The molecule has 1 saturated heterocycles. The van der Waals surface area contributed by atoms with E-state index in [9.17, 15) is 14.9 Å². The Labute approximate surface area is 124 Å². The summed E-state index contributed by atoms with van der Waals surface area (Å²) in [6.45, 7) is 6.05. The summed E-state index contributed by atoms with van der Waals surface area (Å²) in [6, 6.07) is 4.79. The third-order valence-corrected chi connectivity index (χ3v) is 3.63. The fourth-order valence-electron chi connectivity index (χ4n) is 2.58. The van der Waals surface area contributed by atoms with Crippen molar-refractivity contribution in [3.05, 3.63) is 33.9 Å². The van der Waals surface area contributed by atoms with Crippen molar-refractivity contribution in [2.24, 2.45) is 5.92 Å². The first kappa shape index (κ1) is 15.3. The van der Waals surface area contributed by atoms with Gasteiger partial charge in [0.2, 0.25) is 5.91 Å². The standard InChI is InChI=1S/C15H21N3O3/c1-3-6-16-14-5-4-13(18(20)21)8-12(14)10-17-9-11(2)7-15(17)19/h4-5,8,11,16H,3,6-7,9-10H2,1-2H3. The molecule has 1 aliphatic heterocycles. The number of nitro groups is 1. The molecular weight excluding hydrogens is 270 g/mol. The van der Waals surface area contributed by atoms with Gasteiger partial charge >= 0.3 is 0 Å². The Morgan fingerprint density at radius 1 is 1.48 bits per heavy atom. The van der Waals surface area contributed by atoms with Crippen molar-refractivity contribution in [1.82, 2.24) is 4.90 Å². The predicted molar refractivity (Wildman–Crippen MR) is 81.1 cm³/mol. The van der Waals surface area contributed by atoms with Gasteiger partial charge in [0.15, 0.2) is 0 Å².